The first-order valence-corrected chi connectivity index (χ1v) is 12.6. The van der Waals surface area contributed by atoms with Crippen molar-refractivity contribution < 1.29 is 22.8 Å². The monoisotopic (exact) mass is 493 g/mol. The molecule has 2 aliphatic rings. The third-order valence-electron chi connectivity index (χ3n) is 6.80. The van der Waals surface area contributed by atoms with E-state index in [1.807, 2.05) is 4.90 Å². The number of aromatic nitrogens is 1. The summed E-state index contributed by atoms with van der Waals surface area (Å²) in [6, 6.07) is 3.66. The van der Waals surface area contributed by atoms with Gasteiger partial charge in [0.15, 0.2) is 0 Å². The van der Waals surface area contributed by atoms with Crippen LogP contribution in [0.1, 0.15) is 44.1 Å². The van der Waals surface area contributed by atoms with Gasteiger partial charge in [0.05, 0.1) is 16.0 Å². The number of carbonyl (C=O) groups is 2. The lowest BCUT2D eigenvalue weighted by Crippen LogP contribution is -2.54. The first-order chi connectivity index (χ1) is 15.7. The molecule has 0 unspecified atom stereocenters. The molecule has 33 heavy (non-hydrogen) atoms. The second-order valence-corrected chi connectivity index (χ2v) is 10.5. The number of halogens is 3. The molecule has 5 rings (SSSR count). The van der Waals surface area contributed by atoms with E-state index in [9.17, 15) is 22.8 Å². The van der Waals surface area contributed by atoms with E-state index in [1.165, 1.54) is 17.4 Å². The Hall–Kier alpha value is -2.46. The molecule has 4 heterocycles. The summed E-state index contributed by atoms with van der Waals surface area (Å²) in [6.07, 6.45) is -2.59. The molecule has 0 saturated carbocycles. The molecule has 0 N–H and O–H groups in total. The molecular formula is C23H22F3N3O2S2. The Kier molecular flexibility index (Phi) is 5.68. The number of fused-ring (bicyclic) bond motifs is 1. The lowest BCUT2D eigenvalue weighted by atomic mass is 9.79. The van der Waals surface area contributed by atoms with Crippen molar-refractivity contribution in [3.63, 3.8) is 0 Å². The van der Waals surface area contributed by atoms with Crippen molar-refractivity contribution in [2.45, 2.75) is 25.9 Å². The van der Waals surface area contributed by atoms with Gasteiger partial charge in [0.1, 0.15) is 5.69 Å². The summed E-state index contributed by atoms with van der Waals surface area (Å²) in [5, 5.41) is 2.47. The molecule has 2 saturated heterocycles. The number of likely N-dealkylation sites (tertiary alicyclic amines) is 2. The van der Waals surface area contributed by atoms with E-state index in [4.69, 9.17) is 0 Å². The van der Waals surface area contributed by atoms with Crippen molar-refractivity contribution in [3.8, 4) is 0 Å². The van der Waals surface area contributed by atoms with E-state index in [0.717, 1.165) is 41.9 Å². The maximum Gasteiger partial charge on any atom is 0.416 e. The van der Waals surface area contributed by atoms with Crippen LogP contribution >= 0.6 is 22.7 Å². The van der Waals surface area contributed by atoms with Crippen LogP contribution in [-0.2, 0) is 6.18 Å². The number of carbonyl (C=O) groups excluding carboxylic acids is 2. The number of hydrogen-bond donors (Lipinski definition) is 0. The molecule has 2 fully saturated rings. The quantitative estimate of drug-likeness (QED) is 0.497. The van der Waals surface area contributed by atoms with Crippen LogP contribution in [0, 0.1) is 18.8 Å². The van der Waals surface area contributed by atoms with E-state index in [0.29, 0.717) is 58.7 Å². The van der Waals surface area contributed by atoms with Crippen LogP contribution in [0.2, 0.25) is 0 Å². The molecule has 0 spiro atoms. The van der Waals surface area contributed by atoms with E-state index >= 15 is 0 Å². The van der Waals surface area contributed by atoms with Gasteiger partial charge >= 0.3 is 6.18 Å². The van der Waals surface area contributed by atoms with E-state index in [1.54, 1.807) is 22.7 Å². The van der Waals surface area contributed by atoms with Crippen LogP contribution in [0.4, 0.5) is 13.2 Å². The van der Waals surface area contributed by atoms with Gasteiger partial charge in [-0.15, -0.1) is 22.7 Å². The second-order valence-electron chi connectivity index (χ2n) is 8.74. The average Bonchev–Trinajstić information content (AvgIpc) is 3.40. The first kappa shape index (κ1) is 22.3. The normalized spacial score (nSPS) is 18.1. The summed E-state index contributed by atoms with van der Waals surface area (Å²) in [5.74, 6) is 0.743. The molecule has 3 aromatic rings. The van der Waals surface area contributed by atoms with E-state index in [2.05, 4.69) is 4.98 Å². The van der Waals surface area contributed by atoms with Crippen molar-refractivity contribution in [1.29, 1.82) is 0 Å². The Labute approximate surface area is 196 Å². The lowest BCUT2D eigenvalue weighted by molar-refractivity contribution is -0.137. The summed E-state index contributed by atoms with van der Waals surface area (Å²) < 4.78 is 39.6. The smallest absolute Gasteiger partial charge is 0.337 e. The van der Waals surface area contributed by atoms with Gasteiger partial charge in [0.25, 0.3) is 11.8 Å². The SMILES string of the molecule is Cc1c(C(=O)N2CC(C3CCN(C(=O)c4cscn4)CC3)C2)sc2cc(C(F)(F)F)ccc12. The minimum Gasteiger partial charge on any atom is -0.337 e. The molecule has 0 atom stereocenters. The Balaban J connectivity index is 1.19. The second kappa shape index (κ2) is 8.39. The number of amides is 2. The summed E-state index contributed by atoms with van der Waals surface area (Å²) in [5.41, 5.74) is 2.21. The van der Waals surface area contributed by atoms with Gasteiger partial charge in [-0.1, -0.05) is 6.07 Å². The van der Waals surface area contributed by atoms with Crippen molar-refractivity contribution in [1.82, 2.24) is 14.8 Å². The highest BCUT2D eigenvalue weighted by molar-refractivity contribution is 7.21. The van der Waals surface area contributed by atoms with Gasteiger partial charge in [0, 0.05) is 36.3 Å². The van der Waals surface area contributed by atoms with Crippen molar-refractivity contribution >= 4 is 44.6 Å². The molecule has 2 aliphatic heterocycles. The zero-order valence-electron chi connectivity index (χ0n) is 17.9. The molecule has 0 radical (unpaired) electrons. The molecule has 0 aliphatic carbocycles. The zero-order chi connectivity index (χ0) is 23.3. The number of piperidine rings is 1. The minimum absolute atomic E-state index is 0.0194. The van der Waals surface area contributed by atoms with Crippen LogP contribution in [-0.4, -0.2) is 52.8 Å². The largest absolute Gasteiger partial charge is 0.416 e. The van der Waals surface area contributed by atoms with Crippen molar-refractivity contribution in [2.24, 2.45) is 11.8 Å². The third-order valence-corrected chi connectivity index (χ3v) is 8.63. The summed E-state index contributed by atoms with van der Waals surface area (Å²) in [4.78, 5) is 33.8. The zero-order valence-corrected chi connectivity index (χ0v) is 19.5. The number of nitrogens with zero attached hydrogens (tertiary/aromatic N) is 3. The van der Waals surface area contributed by atoms with Gasteiger partial charge in [-0.05, 0) is 54.7 Å². The highest BCUT2D eigenvalue weighted by atomic mass is 32.1. The molecule has 2 amide bonds. The highest BCUT2D eigenvalue weighted by Crippen LogP contribution is 2.39. The van der Waals surface area contributed by atoms with Crippen LogP contribution in [0.3, 0.4) is 0 Å². The molecule has 10 heteroatoms. The maximum absolute atomic E-state index is 13.1. The Bertz CT molecular complexity index is 1190. The molecular weight excluding hydrogens is 471 g/mol. The van der Waals surface area contributed by atoms with Gasteiger partial charge in [0.2, 0.25) is 0 Å². The van der Waals surface area contributed by atoms with Crippen molar-refractivity contribution in [2.75, 3.05) is 26.2 Å². The Morgan fingerprint density at radius 2 is 1.79 bits per heavy atom. The Morgan fingerprint density at radius 1 is 1.06 bits per heavy atom. The molecule has 174 valence electrons. The fourth-order valence-corrected chi connectivity index (χ4v) is 6.52. The number of hydrogen-bond acceptors (Lipinski definition) is 5. The van der Waals surface area contributed by atoms with E-state index in [-0.39, 0.29) is 11.8 Å². The average molecular weight is 494 g/mol. The minimum atomic E-state index is -4.40. The molecule has 0 bridgehead atoms. The van der Waals surface area contributed by atoms with E-state index < -0.39 is 11.7 Å². The van der Waals surface area contributed by atoms with Crippen LogP contribution in [0.25, 0.3) is 10.1 Å². The van der Waals surface area contributed by atoms with Crippen molar-refractivity contribution in [3.05, 3.63) is 50.8 Å². The number of aryl methyl sites for hydroxylation is 1. The standard InChI is InChI=1S/C23H22F3N3O2S2/c1-13-17-3-2-16(23(24,25)26)8-19(17)33-20(13)22(31)29-9-15(10-29)14-4-6-28(7-5-14)21(30)18-11-32-12-27-18/h2-3,8,11-12,14-15H,4-7,9-10H2,1H3. The van der Waals surface area contributed by atoms with Gasteiger partial charge < -0.3 is 9.80 Å². The fourth-order valence-electron chi connectivity index (χ4n) is 4.78. The van der Waals surface area contributed by atoms with Gasteiger partial charge in [-0.2, -0.15) is 13.2 Å². The van der Waals surface area contributed by atoms with Gasteiger partial charge in [-0.25, -0.2) is 4.98 Å². The van der Waals surface area contributed by atoms with Crippen LogP contribution < -0.4 is 0 Å². The number of benzene rings is 1. The van der Waals surface area contributed by atoms with Gasteiger partial charge in [-0.3, -0.25) is 9.59 Å². The maximum atomic E-state index is 13.1. The highest BCUT2D eigenvalue weighted by Gasteiger charge is 2.39. The number of thiazole rings is 1. The topological polar surface area (TPSA) is 53.5 Å². The molecule has 5 nitrogen and oxygen atoms in total. The van der Waals surface area contributed by atoms with Crippen LogP contribution in [0.5, 0.6) is 0 Å². The van der Waals surface area contributed by atoms with Crippen LogP contribution in [0.15, 0.2) is 29.1 Å². The Morgan fingerprint density at radius 3 is 2.42 bits per heavy atom. The molecule has 2 aromatic heterocycles. The number of rotatable bonds is 3. The number of alkyl halides is 3. The predicted molar refractivity (Wildman–Crippen MR) is 122 cm³/mol. The lowest BCUT2D eigenvalue weighted by Gasteiger charge is -2.46. The summed E-state index contributed by atoms with van der Waals surface area (Å²) in [6.45, 7) is 4.51. The summed E-state index contributed by atoms with van der Waals surface area (Å²) >= 11 is 2.55. The third kappa shape index (κ3) is 4.14. The first-order valence-electron chi connectivity index (χ1n) is 10.8. The summed E-state index contributed by atoms with van der Waals surface area (Å²) in [7, 11) is 0. The predicted octanol–water partition coefficient (Wildman–Crippen LogP) is 5.31. The fraction of sp³-hybridized carbons (Fsp3) is 0.435. The number of thiophene rings is 1. The molecule has 1 aromatic carbocycles.